The third-order valence-corrected chi connectivity index (χ3v) is 5.78. The molecule has 8 heteroatoms. The zero-order valence-electron chi connectivity index (χ0n) is 16.0. The van der Waals surface area contributed by atoms with Gasteiger partial charge in [0.1, 0.15) is 11.5 Å². The Hall–Kier alpha value is -3.02. The van der Waals surface area contributed by atoms with E-state index in [1.807, 2.05) is 35.7 Å². The molecule has 0 fully saturated rings. The van der Waals surface area contributed by atoms with Crippen LogP contribution in [0.1, 0.15) is 11.1 Å². The SMILES string of the molecule is COc1ccc(OC)c(-c2csc(NC(=O)CSCc3ccc(C#N)cc3)n2)c1. The summed E-state index contributed by atoms with van der Waals surface area (Å²) >= 11 is 2.87. The van der Waals surface area contributed by atoms with Crippen molar-refractivity contribution in [3.05, 3.63) is 59.0 Å². The average molecular weight is 426 g/mol. The van der Waals surface area contributed by atoms with Crippen LogP contribution in [0.2, 0.25) is 0 Å². The molecule has 0 saturated heterocycles. The van der Waals surface area contributed by atoms with Crippen molar-refractivity contribution in [3.8, 4) is 28.8 Å². The lowest BCUT2D eigenvalue weighted by molar-refractivity contribution is -0.113. The van der Waals surface area contributed by atoms with Crippen LogP contribution in [0.5, 0.6) is 11.5 Å². The van der Waals surface area contributed by atoms with Crippen LogP contribution in [0, 0.1) is 11.3 Å². The molecule has 6 nitrogen and oxygen atoms in total. The molecule has 0 spiro atoms. The third kappa shape index (κ3) is 5.50. The van der Waals surface area contributed by atoms with Gasteiger partial charge in [0, 0.05) is 16.7 Å². The van der Waals surface area contributed by atoms with E-state index in [0.29, 0.717) is 39.4 Å². The molecule has 0 saturated carbocycles. The number of nitriles is 1. The molecule has 0 aliphatic rings. The summed E-state index contributed by atoms with van der Waals surface area (Å²) in [6.07, 6.45) is 0. The predicted molar refractivity (Wildman–Crippen MR) is 117 cm³/mol. The smallest absolute Gasteiger partial charge is 0.236 e. The van der Waals surface area contributed by atoms with Gasteiger partial charge in [-0.2, -0.15) is 5.26 Å². The first-order valence-corrected chi connectivity index (χ1v) is 10.7. The van der Waals surface area contributed by atoms with E-state index in [4.69, 9.17) is 14.7 Å². The number of rotatable bonds is 8. The van der Waals surface area contributed by atoms with Crippen LogP contribution in [0.25, 0.3) is 11.3 Å². The number of methoxy groups -OCH3 is 2. The van der Waals surface area contributed by atoms with Crippen LogP contribution < -0.4 is 14.8 Å². The van der Waals surface area contributed by atoms with Crippen LogP contribution in [0.4, 0.5) is 5.13 Å². The second-order valence-electron chi connectivity index (χ2n) is 5.95. The quantitative estimate of drug-likeness (QED) is 0.569. The first-order chi connectivity index (χ1) is 14.1. The van der Waals surface area contributed by atoms with Gasteiger partial charge < -0.3 is 14.8 Å². The van der Waals surface area contributed by atoms with E-state index < -0.39 is 0 Å². The van der Waals surface area contributed by atoms with Crippen LogP contribution in [-0.4, -0.2) is 30.9 Å². The Morgan fingerprint density at radius 1 is 1.21 bits per heavy atom. The number of carbonyl (C=O) groups is 1. The molecule has 0 aliphatic carbocycles. The van der Waals surface area contributed by atoms with Gasteiger partial charge in [0.2, 0.25) is 5.91 Å². The molecule has 0 radical (unpaired) electrons. The Kier molecular flexibility index (Phi) is 7.11. The van der Waals surface area contributed by atoms with Crippen molar-refractivity contribution in [2.45, 2.75) is 5.75 Å². The molecule has 0 atom stereocenters. The number of anilines is 1. The average Bonchev–Trinajstić information content (AvgIpc) is 3.22. The molecule has 1 aromatic heterocycles. The molecular weight excluding hydrogens is 406 g/mol. The van der Waals surface area contributed by atoms with E-state index in [9.17, 15) is 4.79 Å². The number of carbonyl (C=O) groups excluding carboxylic acids is 1. The van der Waals surface area contributed by atoms with Crippen LogP contribution in [0.15, 0.2) is 47.8 Å². The fourth-order valence-corrected chi connectivity index (χ4v) is 4.08. The van der Waals surface area contributed by atoms with E-state index in [-0.39, 0.29) is 5.91 Å². The van der Waals surface area contributed by atoms with Crippen LogP contribution >= 0.6 is 23.1 Å². The van der Waals surface area contributed by atoms with Gasteiger partial charge in [-0.15, -0.1) is 23.1 Å². The lowest BCUT2D eigenvalue weighted by atomic mass is 10.1. The first-order valence-electron chi connectivity index (χ1n) is 8.67. The minimum Gasteiger partial charge on any atom is -0.497 e. The maximum Gasteiger partial charge on any atom is 0.236 e. The van der Waals surface area contributed by atoms with Crippen molar-refractivity contribution in [1.29, 1.82) is 5.26 Å². The van der Waals surface area contributed by atoms with Gasteiger partial charge in [-0.1, -0.05) is 12.1 Å². The molecule has 0 aliphatic heterocycles. The molecular formula is C21H19N3O3S2. The Balaban J connectivity index is 1.57. The summed E-state index contributed by atoms with van der Waals surface area (Å²) in [5.74, 6) is 2.30. The normalized spacial score (nSPS) is 10.2. The van der Waals surface area contributed by atoms with Crippen molar-refractivity contribution in [3.63, 3.8) is 0 Å². The Bertz CT molecular complexity index is 1030. The maximum atomic E-state index is 12.2. The van der Waals surface area contributed by atoms with E-state index >= 15 is 0 Å². The summed E-state index contributed by atoms with van der Waals surface area (Å²) in [5, 5.41) is 14.1. The zero-order chi connectivity index (χ0) is 20.6. The lowest BCUT2D eigenvalue weighted by Crippen LogP contribution is -2.14. The maximum absolute atomic E-state index is 12.2. The Labute approximate surface area is 177 Å². The highest BCUT2D eigenvalue weighted by Crippen LogP contribution is 2.35. The predicted octanol–water partition coefficient (Wildman–Crippen LogP) is 4.57. The summed E-state index contributed by atoms with van der Waals surface area (Å²) in [6, 6.07) is 14.9. The highest BCUT2D eigenvalue weighted by atomic mass is 32.2. The standard InChI is InChI=1S/C21H19N3O3S2/c1-26-16-7-8-19(27-2)17(9-16)18-12-29-21(23-18)24-20(25)13-28-11-15-5-3-14(10-22)4-6-15/h3-9,12H,11,13H2,1-2H3,(H,23,24,25). The van der Waals surface area contributed by atoms with E-state index in [1.165, 1.54) is 23.1 Å². The number of ether oxygens (including phenoxy) is 2. The number of benzene rings is 2. The molecule has 148 valence electrons. The summed E-state index contributed by atoms with van der Waals surface area (Å²) in [6.45, 7) is 0. The van der Waals surface area contributed by atoms with Crippen molar-refractivity contribution in [2.24, 2.45) is 0 Å². The van der Waals surface area contributed by atoms with Crippen LogP contribution in [-0.2, 0) is 10.5 Å². The molecule has 1 N–H and O–H groups in total. The van der Waals surface area contributed by atoms with Crippen molar-refractivity contribution >= 4 is 34.1 Å². The van der Waals surface area contributed by atoms with Crippen molar-refractivity contribution in [1.82, 2.24) is 4.98 Å². The lowest BCUT2D eigenvalue weighted by Gasteiger charge is -2.08. The largest absolute Gasteiger partial charge is 0.497 e. The summed E-state index contributed by atoms with van der Waals surface area (Å²) in [5.41, 5.74) is 3.22. The van der Waals surface area contributed by atoms with Gasteiger partial charge >= 0.3 is 0 Å². The second kappa shape index (κ2) is 9.96. The monoisotopic (exact) mass is 425 g/mol. The highest BCUT2D eigenvalue weighted by molar-refractivity contribution is 7.99. The number of thiazole rings is 1. The minimum atomic E-state index is -0.109. The molecule has 0 unspecified atom stereocenters. The van der Waals surface area contributed by atoms with Gasteiger partial charge in [-0.3, -0.25) is 4.79 Å². The van der Waals surface area contributed by atoms with E-state index in [0.717, 1.165) is 11.1 Å². The molecule has 3 aromatic rings. The van der Waals surface area contributed by atoms with Gasteiger partial charge in [-0.25, -0.2) is 4.98 Å². The molecule has 1 amide bonds. The minimum absolute atomic E-state index is 0.109. The van der Waals surface area contributed by atoms with Gasteiger partial charge in [0.15, 0.2) is 5.13 Å². The highest BCUT2D eigenvalue weighted by Gasteiger charge is 2.13. The molecule has 2 aromatic carbocycles. The van der Waals surface area contributed by atoms with Crippen molar-refractivity contribution in [2.75, 3.05) is 25.3 Å². The number of amides is 1. The molecule has 29 heavy (non-hydrogen) atoms. The number of hydrogen-bond donors (Lipinski definition) is 1. The molecule has 3 rings (SSSR count). The molecule has 0 bridgehead atoms. The fourth-order valence-electron chi connectivity index (χ4n) is 2.56. The number of aromatic nitrogens is 1. The van der Waals surface area contributed by atoms with Gasteiger partial charge in [0.25, 0.3) is 0 Å². The first kappa shape index (κ1) is 20.7. The van der Waals surface area contributed by atoms with Crippen molar-refractivity contribution < 1.29 is 14.3 Å². The van der Waals surface area contributed by atoms with E-state index in [2.05, 4.69) is 16.4 Å². The van der Waals surface area contributed by atoms with E-state index in [1.54, 1.807) is 26.4 Å². The summed E-state index contributed by atoms with van der Waals surface area (Å²) in [4.78, 5) is 16.7. The Morgan fingerprint density at radius 3 is 2.69 bits per heavy atom. The summed E-state index contributed by atoms with van der Waals surface area (Å²) < 4.78 is 10.7. The van der Waals surface area contributed by atoms with Crippen LogP contribution in [0.3, 0.4) is 0 Å². The third-order valence-electron chi connectivity index (χ3n) is 4.02. The molecule has 1 heterocycles. The Morgan fingerprint density at radius 2 is 2.00 bits per heavy atom. The van der Waals surface area contributed by atoms with Gasteiger partial charge in [-0.05, 0) is 35.9 Å². The summed E-state index contributed by atoms with van der Waals surface area (Å²) in [7, 11) is 3.21. The van der Waals surface area contributed by atoms with Gasteiger partial charge in [0.05, 0.1) is 37.3 Å². The number of hydrogen-bond acceptors (Lipinski definition) is 7. The number of nitrogens with one attached hydrogen (secondary N) is 1. The number of thioether (sulfide) groups is 1. The number of nitrogens with zero attached hydrogens (tertiary/aromatic N) is 2. The fraction of sp³-hybridized carbons (Fsp3) is 0.190. The topological polar surface area (TPSA) is 84.2 Å². The second-order valence-corrected chi connectivity index (χ2v) is 7.80. The zero-order valence-corrected chi connectivity index (χ0v) is 17.6.